The van der Waals surface area contributed by atoms with Crippen LogP contribution in [0.1, 0.15) is 35.6 Å². The molecule has 0 aromatic carbocycles. The Hall–Kier alpha value is -2.39. The van der Waals surface area contributed by atoms with E-state index in [1.54, 1.807) is 18.3 Å². The number of halogens is 1. The molecule has 1 fully saturated rings. The maximum atomic E-state index is 12.0. The lowest BCUT2D eigenvalue weighted by atomic mass is 10.1. The minimum Gasteiger partial charge on any atom is -0.308 e. The zero-order chi connectivity index (χ0) is 14.8. The molecule has 6 nitrogen and oxygen atoms in total. The summed E-state index contributed by atoms with van der Waals surface area (Å²) >= 11 is 5.69. The van der Waals surface area contributed by atoms with E-state index in [-0.39, 0.29) is 12.3 Å². The van der Waals surface area contributed by atoms with Gasteiger partial charge in [-0.15, -0.1) is 0 Å². The number of hydrogen-bond donors (Lipinski definition) is 2. The maximum Gasteiger partial charge on any atom is 0.230 e. The number of carbonyl (C=O) groups excluding carboxylic acids is 1. The second-order valence-corrected chi connectivity index (χ2v) is 5.35. The van der Waals surface area contributed by atoms with Gasteiger partial charge in [-0.1, -0.05) is 17.7 Å². The molecule has 0 saturated heterocycles. The second kappa shape index (κ2) is 5.54. The fraction of sp³-hybridized carbons (Fsp3) is 0.286. The van der Waals surface area contributed by atoms with Gasteiger partial charge in [0.25, 0.3) is 0 Å². The van der Waals surface area contributed by atoms with Crippen molar-refractivity contribution in [2.75, 3.05) is 5.32 Å². The highest BCUT2D eigenvalue weighted by Crippen LogP contribution is 2.41. The summed E-state index contributed by atoms with van der Waals surface area (Å²) in [6.45, 7) is 0. The summed E-state index contributed by atoms with van der Waals surface area (Å²) in [7, 11) is 0. The van der Waals surface area contributed by atoms with Crippen molar-refractivity contribution in [3.05, 3.63) is 40.3 Å². The molecule has 0 aliphatic heterocycles. The molecule has 1 saturated carbocycles. The van der Waals surface area contributed by atoms with Crippen LogP contribution in [-0.4, -0.2) is 21.1 Å². The Morgan fingerprint density at radius 2 is 2.33 bits per heavy atom. The standard InChI is InChI=1S/C14H12ClN5O/c15-11-4-1-8(7-17-11)5-12(21)18-14-10(6-16)13(19-20-14)9-2-3-9/h1,4,7,9H,2-3,5H2,(H2,18,19,20,21). The smallest absolute Gasteiger partial charge is 0.230 e. The first-order chi connectivity index (χ1) is 10.2. The number of hydrogen-bond acceptors (Lipinski definition) is 4. The lowest BCUT2D eigenvalue weighted by Crippen LogP contribution is -2.15. The average molecular weight is 302 g/mol. The van der Waals surface area contributed by atoms with Crippen molar-refractivity contribution < 1.29 is 4.79 Å². The number of aromatic amines is 1. The molecular formula is C14H12ClN5O. The summed E-state index contributed by atoms with van der Waals surface area (Å²) < 4.78 is 0. The third-order valence-electron chi connectivity index (χ3n) is 3.30. The van der Waals surface area contributed by atoms with Gasteiger partial charge in [-0.2, -0.15) is 10.4 Å². The summed E-state index contributed by atoms with van der Waals surface area (Å²) in [5.74, 6) is 0.425. The summed E-state index contributed by atoms with van der Waals surface area (Å²) in [6, 6.07) is 5.47. The predicted molar refractivity (Wildman–Crippen MR) is 76.9 cm³/mol. The van der Waals surface area contributed by atoms with Crippen LogP contribution in [0.2, 0.25) is 5.15 Å². The van der Waals surface area contributed by atoms with Gasteiger partial charge >= 0.3 is 0 Å². The van der Waals surface area contributed by atoms with E-state index in [1.807, 2.05) is 0 Å². The van der Waals surface area contributed by atoms with E-state index in [1.165, 1.54) is 0 Å². The van der Waals surface area contributed by atoms with Crippen molar-refractivity contribution in [3.8, 4) is 6.07 Å². The second-order valence-electron chi connectivity index (χ2n) is 4.96. The number of pyridine rings is 1. The Morgan fingerprint density at radius 3 is 2.95 bits per heavy atom. The normalized spacial score (nSPS) is 13.7. The minimum absolute atomic E-state index is 0.153. The van der Waals surface area contributed by atoms with Crippen LogP contribution in [0.4, 0.5) is 5.82 Å². The lowest BCUT2D eigenvalue weighted by molar-refractivity contribution is -0.115. The Bertz CT molecular complexity index is 712. The van der Waals surface area contributed by atoms with Crippen molar-refractivity contribution in [1.82, 2.24) is 15.2 Å². The molecule has 21 heavy (non-hydrogen) atoms. The fourth-order valence-electron chi connectivity index (χ4n) is 2.10. The molecule has 1 amide bonds. The quantitative estimate of drug-likeness (QED) is 0.848. The molecule has 0 unspecified atom stereocenters. The first-order valence-corrected chi connectivity index (χ1v) is 6.94. The van der Waals surface area contributed by atoms with E-state index in [2.05, 4.69) is 26.6 Å². The number of anilines is 1. The summed E-state index contributed by atoms with van der Waals surface area (Å²) in [6.07, 6.45) is 3.81. The van der Waals surface area contributed by atoms with Crippen LogP contribution in [0.5, 0.6) is 0 Å². The molecule has 2 aromatic rings. The lowest BCUT2D eigenvalue weighted by Gasteiger charge is -2.03. The van der Waals surface area contributed by atoms with Gasteiger partial charge in [-0.05, 0) is 24.5 Å². The molecule has 0 spiro atoms. The van der Waals surface area contributed by atoms with Gasteiger partial charge in [0, 0.05) is 12.1 Å². The molecule has 2 heterocycles. The van der Waals surface area contributed by atoms with Crippen LogP contribution in [0.25, 0.3) is 0 Å². The summed E-state index contributed by atoms with van der Waals surface area (Å²) in [4.78, 5) is 15.9. The molecule has 7 heteroatoms. The van der Waals surface area contributed by atoms with Crippen LogP contribution < -0.4 is 5.32 Å². The third kappa shape index (κ3) is 3.03. The Morgan fingerprint density at radius 1 is 1.52 bits per heavy atom. The first kappa shape index (κ1) is 13.6. The van der Waals surface area contributed by atoms with Gasteiger partial charge in [0.2, 0.25) is 5.91 Å². The highest BCUT2D eigenvalue weighted by atomic mass is 35.5. The third-order valence-corrected chi connectivity index (χ3v) is 3.53. The number of carbonyl (C=O) groups is 1. The Balaban J connectivity index is 1.70. The summed E-state index contributed by atoms with van der Waals surface area (Å²) in [5, 5.41) is 19.1. The van der Waals surface area contributed by atoms with E-state index in [4.69, 9.17) is 11.6 Å². The van der Waals surface area contributed by atoms with Gasteiger partial charge in [-0.25, -0.2) is 4.98 Å². The molecule has 0 atom stereocenters. The Kier molecular flexibility index (Phi) is 3.59. The number of amides is 1. The zero-order valence-corrected chi connectivity index (χ0v) is 11.8. The van der Waals surface area contributed by atoms with Crippen LogP contribution in [-0.2, 0) is 11.2 Å². The van der Waals surface area contributed by atoms with Gasteiger partial charge in [0.05, 0.1) is 12.1 Å². The SMILES string of the molecule is N#Cc1c(NC(=O)Cc2ccc(Cl)nc2)n[nH]c1C1CC1. The first-order valence-electron chi connectivity index (χ1n) is 6.56. The van der Waals surface area contributed by atoms with Crippen LogP contribution in [0.15, 0.2) is 18.3 Å². The topological polar surface area (TPSA) is 94.5 Å². The number of nitrogens with zero attached hydrogens (tertiary/aromatic N) is 3. The van der Waals surface area contributed by atoms with Gasteiger partial charge in [0.15, 0.2) is 5.82 Å². The molecular weight excluding hydrogens is 290 g/mol. The van der Waals surface area contributed by atoms with Crippen molar-refractivity contribution in [2.45, 2.75) is 25.2 Å². The number of nitrogens with one attached hydrogen (secondary N) is 2. The summed E-state index contributed by atoms with van der Waals surface area (Å²) in [5.41, 5.74) is 1.99. The van der Waals surface area contributed by atoms with E-state index in [0.717, 1.165) is 24.1 Å². The average Bonchev–Trinajstić information content (AvgIpc) is 3.23. The number of nitriles is 1. The van der Waals surface area contributed by atoms with Crippen molar-refractivity contribution in [2.24, 2.45) is 0 Å². The molecule has 0 bridgehead atoms. The minimum atomic E-state index is -0.246. The molecule has 0 radical (unpaired) electrons. The van der Waals surface area contributed by atoms with Crippen LogP contribution in [0.3, 0.4) is 0 Å². The van der Waals surface area contributed by atoms with E-state index >= 15 is 0 Å². The van der Waals surface area contributed by atoms with Gasteiger partial charge in [0.1, 0.15) is 16.8 Å². The molecule has 3 rings (SSSR count). The highest BCUT2D eigenvalue weighted by molar-refractivity contribution is 6.29. The highest BCUT2D eigenvalue weighted by Gasteiger charge is 2.30. The zero-order valence-electron chi connectivity index (χ0n) is 11.1. The number of aromatic nitrogens is 3. The largest absolute Gasteiger partial charge is 0.308 e. The molecule has 2 N–H and O–H groups in total. The molecule has 1 aliphatic carbocycles. The van der Waals surface area contributed by atoms with Gasteiger partial charge < -0.3 is 5.32 Å². The van der Waals surface area contributed by atoms with Gasteiger partial charge in [-0.3, -0.25) is 9.89 Å². The molecule has 1 aliphatic rings. The van der Waals surface area contributed by atoms with Crippen molar-refractivity contribution in [1.29, 1.82) is 5.26 Å². The maximum absolute atomic E-state index is 12.0. The fourth-order valence-corrected chi connectivity index (χ4v) is 2.21. The van der Waals surface area contributed by atoms with Crippen molar-refractivity contribution in [3.63, 3.8) is 0 Å². The van der Waals surface area contributed by atoms with Crippen LogP contribution in [0, 0.1) is 11.3 Å². The predicted octanol–water partition coefficient (Wildman–Crippen LogP) is 2.39. The van der Waals surface area contributed by atoms with E-state index in [0.29, 0.717) is 22.5 Å². The van der Waals surface area contributed by atoms with E-state index < -0.39 is 0 Å². The van der Waals surface area contributed by atoms with Crippen molar-refractivity contribution >= 4 is 23.3 Å². The van der Waals surface area contributed by atoms with Crippen LogP contribution >= 0.6 is 11.6 Å². The van der Waals surface area contributed by atoms with E-state index in [9.17, 15) is 10.1 Å². The monoisotopic (exact) mass is 301 g/mol. The number of H-pyrrole nitrogens is 1. The molecule has 106 valence electrons. The Labute approximate surface area is 126 Å². The number of rotatable bonds is 4. The molecule has 2 aromatic heterocycles.